The molecule has 110 valence electrons. The molecule has 0 unspecified atom stereocenters. The average molecular weight is 287 g/mol. The Morgan fingerprint density at radius 2 is 2.05 bits per heavy atom. The maximum Gasteiger partial charge on any atom is 0.167 e. The average Bonchev–Trinajstić information content (AvgIpc) is 2.55. The van der Waals surface area contributed by atoms with E-state index in [1.807, 2.05) is 6.92 Å². The van der Waals surface area contributed by atoms with E-state index in [1.165, 1.54) is 7.11 Å². The van der Waals surface area contributed by atoms with Crippen LogP contribution in [0.1, 0.15) is 22.8 Å². The Morgan fingerprint density at radius 3 is 2.57 bits per heavy atom. The third-order valence-electron chi connectivity index (χ3n) is 3.16. The monoisotopic (exact) mass is 287 g/mol. The van der Waals surface area contributed by atoms with E-state index in [0.29, 0.717) is 34.8 Å². The first-order chi connectivity index (χ1) is 10.3. The number of methoxy groups -OCH3 is 1. The number of aromatic nitrogens is 1. The van der Waals surface area contributed by atoms with Gasteiger partial charge in [-0.1, -0.05) is 0 Å². The zero-order valence-electron chi connectivity index (χ0n) is 12.0. The molecule has 5 nitrogen and oxygen atoms in total. The molecule has 2 rings (SSSR count). The Morgan fingerprint density at radius 1 is 1.33 bits per heavy atom. The normalized spacial score (nSPS) is 10.2. The molecule has 1 aromatic carbocycles. The van der Waals surface area contributed by atoms with Gasteiger partial charge in [-0.3, -0.25) is 9.78 Å². The van der Waals surface area contributed by atoms with Crippen LogP contribution >= 0.6 is 0 Å². The molecule has 0 saturated carbocycles. The van der Waals surface area contributed by atoms with Crippen molar-refractivity contribution in [2.75, 3.05) is 13.7 Å². The molecule has 21 heavy (non-hydrogen) atoms. The molecule has 0 aliphatic rings. The van der Waals surface area contributed by atoms with Gasteiger partial charge in [0.05, 0.1) is 20.3 Å². The van der Waals surface area contributed by atoms with Crippen molar-refractivity contribution in [3.63, 3.8) is 0 Å². The van der Waals surface area contributed by atoms with Gasteiger partial charge < -0.3 is 14.6 Å². The zero-order chi connectivity index (χ0) is 15.2. The second-order valence-electron chi connectivity index (χ2n) is 4.29. The van der Waals surface area contributed by atoms with Gasteiger partial charge in [-0.05, 0) is 36.2 Å². The molecular weight excluding hydrogens is 270 g/mol. The second kappa shape index (κ2) is 6.85. The van der Waals surface area contributed by atoms with E-state index in [-0.39, 0.29) is 6.61 Å². The van der Waals surface area contributed by atoms with Crippen molar-refractivity contribution in [1.82, 2.24) is 4.98 Å². The van der Waals surface area contributed by atoms with Gasteiger partial charge in [0.1, 0.15) is 0 Å². The highest BCUT2D eigenvalue weighted by molar-refractivity contribution is 5.91. The van der Waals surface area contributed by atoms with E-state index >= 15 is 0 Å². The van der Waals surface area contributed by atoms with Crippen LogP contribution in [0.2, 0.25) is 0 Å². The molecule has 0 radical (unpaired) electrons. The number of rotatable bonds is 6. The van der Waals surface area contributed by atoms with Gasteiger partial charge in [0, 0.05) is 23.5 Å². The minimum atomic E-state index is -0.307. The lowest BCUT2D eigenvalue weighted by atomic mass is 9.95. The zero-order valence-corrected chi connectivity index (χ0v) is 12.0. The maximum absolute atomic E-state index is 11.5. The van der Waals surface area contributed by atoms with Crippen LogP contribution in [0, 0.1) is 0 Å². The first kappa shape index (κ1) is 15.0. The van der Waals surface area contributed by atoms with Gasteiger partial charge in [0.2, 0.25) is 0 Å². The van der Waals surface area contributed by atoms with E-state index in [1.54, 1.807) is 30.6 Å². The summed E-state index contributed by atoms with van der Waals surface area (Å²) in [7, 11) is 1.52. The lowest BCUT2D eigenvalue weighted by Crippen LogP contribution is -2.05. The van der Waals surface area contributed by atoms with Crippen molar-refractivity contribution in [3.8, 4) is 22.6 Å². The standard InChI is InChI=1S/C16H17NO4/c1-3-21-16-14(10-19)13(9-18)12(8-15(16)20-2)11-4-6-17-7-5-11/h4-9,19H,3,10H2,1-2H3. The van der Waals surface area contributed by atoms with Crippen molar-refractivity contribution in [2.24, 2.45) is 0 Å². The quantitative estimate of drug-likeness (QED) is 0.826. The number of aliphatic hydroxyl groups excluding tert-OH is 1. The van der Waals surface area contributed by atoms with Crippen molar-refractivity contribution < 1.29 is 19.4 Å². The predicted molar refractivity (Wildman–Crippen MR) is 78.7 cm³/mol. The Labute approximate surface area is 123 Å². The Hall–Kier alpha value is -2.40. The lowest BCUT2D eigenvalue weighted by molar-refractivity contribution is 0.112. The molecule has 0 fully saturated rings. The topological polar surface area (TPSA) is 68.7 Å². The fraction of sp³-hybridized carbons (Fsp3) is 0.250. The number of benzene rings is 1. The predicted octanol–water partition coefficient (Wildman–Crippen LogP) is 2.46. The summed E-state index contributed by atoms with van der Waals surface area (Å²) in [5.74, 6) is 0.890. The van der Waals surface area contributed by atoms with E-state index in [9.17, 15) is 9.90 Å². The molecule has 0 saturated heterocycles. The van der Waals surface area contributed by atoms with Gasteiger partial charge in [-0.25, -0.2) is 0 Å². The Bertz CT molecular complexity index is 626. The Balaban J connectivity index is 2.74. The smallest absolute Gasteiger partial charge is 0.167 e. The number of carbonyl (C=O) groups is 1. The third-order valence-corrected chi connectivity index (χ3v) is 3.16. The summed E-state index contributed by atoms with van der Waals surface area (Å²) in [6.07, 6.45) is 4.01. The van der Waals surface area contributed by atoms with Crippen LogP contribution in [0.5, 0.6) is 11.5 Å². The summed E-state index contributed by atoms with van der Waals surface area (Å²) in [5, 5.41) is 9.64. The van der Waals surface area contributed by atoms with Crippen molar-refractivity contribution in [3.05, 3.63) is 41.7 Å². The number of nitrogens with zero attached hydrogens (tertiary/aromatic N) is 1. The van der Waals surface area contributed by atoms with Crippen LogP contribution in [0.3, 0.4) is 0 Å². The number of ether oxygens (including phenoxy) is 2. The minimum absolute atomic E-state index is 0.307. The van der Waals surface area contributed by atoms with Crippen molar-refractivity contribution in [1.29, 1.82) is 0 Å². The molecule has 0 atom stereocenters. The van der Waals surface area contributed by atoms with Crippen LogP contribution in [0.25, 0.3) is 11.1 Å². The van der Waals surface area contributed by atoms with Crippen LogP contribution in [-0.2, 0) is 6.61 Å². The van der Waals surface area contributed by atoms with E-state index in [4.69, 9.17) is 9.47 Å². The summed E-state index contributed by atoms with van der Waals surface area (Å²) in [6.45, 7) is 1.94. The largest absolute Gasteiger partial charge is 0.493 e. The first-order valence-electron chi connectivity index (χ1n) is 6.59. The summed E-state index contributed by atoms with van der Waals surface area (Å²) in [4.78, 5) is 15.5. The van der Waals surface area contributed by atoms with Gasteiger partial charge in [0.15, 0.2) is 17.8 Å². The third kappa shape index (κ3) is 2.87. The molecule has 1 aromatic heterocycles. The molecule has 1 heterocycles. The van der Waals surface area contributed by atoms with Crippen LogP contribution < -0.4 is 9.47 Å². The van der Waals surface area contributed by atoms with Crippen LogP contribution in [0.15, 0.2) is 30.6 Å². The molecule has 5 heteroatoms. The Kier molecular flexibility index (Phi) is 4.90. The fourth-order valence-corrected chi connectivity index (χ4v) is 2.22. The van der Waals surface area contributed by atoms with Crippen molar-refractivity contribution >= 4 is 6.29 Å². The van der Waals surface area contributed by atoms with Gasteiger partial charge >= 0.3 is 0 Å². The van der Waals surface area contributed by atoms with E-state index in [0.717, 1.165) is 11.8 Å². The number of hydrogen-bond acceptors (Lipinski definition) is 5. The molecule has 0 amide bonds. The molecular formula is C16H17NO4. The van der Waals surface area contributed by atoms with Crippen LogP contribution in [-0.4, -0.2) is 30.1 Å². The van der Waals surface area contributed by atoms with Crippen LogP contribution in [0.4, 0.5) is 0 Å². The fourth-order valence-electron chi connectivity index (χ4n) is 2.22. The highest BCUT2D eigenvalue weighted by Crippen LogP contribution is 2.39. The van der Waals surface area contributed by atoms with Gasteiger partial charge in [0.25, 0.3) is 0 Å². The summed E-state index contributed by atoms with van der Waals surface area (Å²) in [6, 6.07) is 5.33. The number of hydrogen-bond donors (Lipinski definition) is 1. The van der Waals surface area contributed by atoms with Gasteiger partial charge in [-0.15, -0.1) is 0 Å². The SMILES string of the molecule is CCOc1c(OC)cc(-c2ccncc2)c(C=O)c1CO. The lowest BCUT2D eigenvalue weighted by Gasteiger charge is -2.18. The maximum atomic E-state index is 11.5. The molecule has 2 aromatic rings. The van der Waals surface area contributed by atoms with Gasteiger partial charge in [-0.2, -0.15) is 0 Å². The molecule has 0 spiro atoms. The molecule has 0 aliphatic heterocycles. The molecule has 0 bridgehead atoms. The second-order valence-corrected chi connectivity index (χ2v) is 4.29. The molecule has 0 aliphatic carbocycles. The van der Waals surface area contributed by atoms with Crippen molar-refractivity contribution in [2.45, 2.75) is 13.5 Å². The number of carbonyl (C=O) groups excluding carboxylic acids is 1. The van der Waals surface area contributed by atoms with E-state index in [2.05, 4.69) is 4.98 Å². The summed E-state index contributed by atoms with van der Waals surface area (Å²) < 4.78 is 10.9. The number of aldehydes is 1. The minimum Gasteiger partial charge on any atom is -0.493 e. The summed E-state index contributed by atoms with van der Waals surface area (Å²) in [5.41, 5.74) is 2.32. The number of pyridine rings is 1. The molecule has 1 N–H and O–H groups in total. The van der Waals surface area contributed by atoms with E-state index < -0.39 is 0 Å². The summed E-state index contributed by atoms with van der Waals surface area (Å²) >= 11 is 0. The highest BCUT2D eigenvalue weighted by atomic mass is 16.5. The number of aliphatic hydroxyl groups is 1. The first-order valence-corrected chi connectivity index (χ1v) is 6.59. The highest BCUT2D eigenvalue weighted by Gasteiger charge is 2.20.